The van der Waals surface area contributed by atoms with E-state index in [1.165, 1.54) is 5.69 Å². The van der Waals surface area contributed by atoms with E-state index in [4.69, 9.17) is 0 Å². The molecule has 0 aliphatic heterocycles. The van der Waals surface area contributed by atoms with Crippen molar-refractivity contribution >= 4 is 17.2 Å². The fourth-order valence-electron chi connectivity index (χ4n) is 2.92. The lowest BCUT2D eigenvalue weighted by Crippen LogP contribution is -2.29. The number of imidazole rings is 1. The van der Waals surface area contributed by atoms with Crippen molar-refractivity contribution in [3.63, 3.8) is 0 Å². The molecule has 0 atom stereocenters. The van der Waals surface area contributed by atoms with Gasteiger partial charge in [-0.1, -0.05) is 24.3 Å². The maximum absolute atomic E-state index is 12.2. The highest BCUT2D eigenvalue weighted by Gasteiger charge is 2.09. The molecule has 3 rings (SSSR count). The second kappa shape index (κ2) is 7.83. The average Bonchev–Trinajstić information content (AvgIpc) is 3.03. The molecule has 1 aromatic carbocycles. The van der Waals surface area contributed by atoms with Gasteiger partial charge in [0.25, 0.3) is 0 Å². The largest absolute Gasteiger partial charge is 0.375 e. The van der Waals surface area contributed by atoms with Crippen LogP contribution in [0.5, 0.6) is 0 Å². The van der Waals surface area contributed by atoms with Crippen LogP contribution in [0.15, 0.2) is 54.9 Å². The van der Waals surface area contributed by atoms with Crippen molar-refractivity contribution in [2.45, 2.75) is 19.8 Å². The summed E-state index contributed by atoms with van der Waals surface area (Å²) in [6.07, 6.45) is 4.99. The van der Waals surface area contributed by atoms with Crippen LogP contribution in [0, 0.1) is 6.92 Å². The molecule has 0 aliphatic carbocycles. The van der Waals surface area contributed by atoms with E-state index in [2.05, 4.69) is 34.4 Å². The topological polar surface area (TPSA) is 49.6 Å². The van der Waals surface area contributed by atoms with Gasteiger partial charge in [0.1, 0.15) is 5.65 Å². The van der Waals surface area contributed by atoms with Gasteiger partial charge in [-0.3, -0.25) is 4.79 Å². The van der Waals surface area contributed by atoms with Crippen LogP contribution < -0.4 is 10.2 Å². The van der Waals surface area contributed by atoms with E-state index >= 15 is 0 Å². The third kappa shape index (κ3) is 4.18. The number of carbonyl (C=O) groups is 1. The van der Waals surface area contributed by atoms with Crippen LogP contribution in [-0.4, -0.2) is 35.4 Å². The molecule has 0 spiro atoms. The van der Waals surface area contributed by atoms with E-state index in [0.717, 1.165) is 29.9 Å². The van der Waals surface area contributed by atoms with E-state index < -0.39 is 0 Å². The summed E-state index contributed by atoms with van der Waals surface area (Å²) in [7, 11) is 2.07. The number of nitrogens with zero attached hydrogens (tertiary/aromatic N) is 3. The number of aryl methyl sites for hydroxylation is 1. The maximum Gasteiger partial charge on any atom is 0.226 e. The first-order valence-electron chi connectivity index (χ1n) is 8.59. The number of carbonyl (C=O) groups excluding carboxylic acids is 1. The fraction of sp³-hybridized carbons (Fsp3) is 0.300. The van der Waals surface area contributed by atoms with Gasteiger partial charge in [0.15, 0.2) is 0 Å². The number of hydrogen-bond acceptors (Lipinski definition) is 3. The second-order valence-electron chi connectivity index (χ2n) is 6.27. The van der Waals surface area contributed by atoms with Crippen LogP contribution in [-0.2, 0) is 11.2 Å². The normalized spacial score (nSPS) is 10.8. The third-order valence-corrected chi connectivity index (χ3v) is 4.34. The van der Waals surface area contributed by atoms with Gasteiger partial charge in [0, 0.05) is 38.2 Å². The van der Waals surface area contributed by atoms with Crippen molar-refractivity contribution in [3.8, 4) is 0 Å². The lowest BCUT2D eigenvalue weighted by molar-refractivity contribution is -0.120. The van der Waals surface area contributed by atoms with Gasteiger partial charge in [-0.2, -0.15) is 0 Å². The van der Waals surface area contributed by atoms with E-state index in [1.54, 1.807) is 6.20 Å². The van der Waals surface area contributed by atoms with Crippen LogP contribution in [0.4, 0.5) is 5.69 Å². The highest BCUT2D eigenvalue weighted by atomic mass is 16.1. The first kappa shape index (κ1) is 17.0. The van der Waals surface area contributed by atoms with Gasteiger partial charge in [0.2, 0.25) is 5.91 Å². The van der Waals surface area contributed by atoms with Gasteiger partial charge in [-0.25, -0.2) is 4.98 Å². The monoisotopic (exact) mass is 336 g/mol. The van der Waals surface area contributed by atoms with Crippen molar-refractivity contribution in [1.82, 2.24) is 14.7 Å². The molecule has 0 fully saturated rings. The average molecular weight is 336 g/mol. The van der Waals surface area contributed by atoms with Crippen molar-refractivity contribution in [1.29, 1.82) is 0 Å². The first-order chi connectivity index (χ1) is 12.1. The molecule has 2 aromatic heterocycles. The zero-order valence-electron chi connectivity index (χ0n) is 14.8. The molecule has 0 unspecified atom stereocenters. The summed E-state index contributed by atoms with van der Waals surface area (Å²) in [6.45, 7) is 3.60. The number of rotatable bonds is 7. The van der Waals surface area contributed by atoms with Crippen molar-refractivity contribution in [2.75, 3.05) is 25.0 Å². The number of para-hydroxylation sites is 1. The summed E-state index contributed by atoms with van der Waals surface area (Å²) < 4.78 is 1.98. The summed E-state index contributed by atoms with van der Waals surface area (Å²) in [5.74, 6) is 0.0330. The minimum atomic E-state index is 0.0330. The molecule has 5 nitrogen and oxygen atoms in total. The van der Waals surface area contributed by atoms with Crippen LogP contribution in [0.25, 0.3) is 5.65 Å². The molecule has 1 amide bonds. The number of amides is 1. The Morgan fingerprint density at radius 3 is 2.80 bits per heavy atom. The Morgan fingerprint density at radius 2 is 2.00 bits per heavy atom. The molecule has 1 N–H and O–H groups in total. The van der Waals surface area contributed by atoms with E-state index in [0.29, 0.717) is 13.0 Å². The smallest absolute Gasteiger partial charge is 0.226 e. The molecular formula is C20H24N4O. The number of hydrogen-bond donors (Lipinski definition) is 1. The Kier molecular flexibility index (Phi) is 5.33. The minimum Gasteiger partial charge on any atom is -0.375 e. The minimum absolute atomic E-state index is 0.0330. The van der Waals surface area contributed by atoms with E-state index in [-0.39, 0.29) is 5.91 Å². The molecular weight excluding hydrogens is 312 g/mol. The van der Waals surface area contributed by atoms with Crippen molar-refractivity contribution in [3.05, 3.63) is 66.1 Å². The number of pyridine rings is 1. The highest BCUT2D eigenvalue weighted by Crippen LogP contribution is 2.12. The lowest BCUT2D eigenvalue weighted by Gasteiger charge is -2.19. The zero-order chi connectivity index (χ0) is 17.6. The highest BCUT2D eigenvalue weighted by molar-refractivity contribution is 5.78. The Hall–Kier alpha value is -2.82. The molecule has 5 heteroatoms. The van der Waals surface area contributed by atoms with Gasteiger partial charge >= 0.3 is 0 Å². The fourth-order valence-corrected chi connectivity index (χ4v) is 2.92. The summed E-state index contributed by atoms with van der Waals surface area (Å²) in [5.41, 5.74) is 4.13. The van der Waals surface area contributed by atoms with E-state index in [1.807, 2.05) is 47.9 Å². The number of nitrogens with one attached hydrogen (secondary N) is 1. The van der Waals surface area contributed by atoms with Gasteiger partial charge in [-0.15, -0.1) is 0 Å². The summed E-state index contributed by atoms with van der Waals surface area (Å²) in [6, 6.07) is 14.3. The maximum atomic E-state index is 12.2. The molecule has 2 heterocycles. The lowest BCUT2D eigenvalue weighted by atomic mass is 10.2. The number of anilines is 1. The molecule has 130 valence electrons. The predicted octanol–water partition coefficient (Wildman–Crippen LogP) is 2.83. The molecule has 0 aliphatic rings. The Balaban J connectivity index is 1.46. The molecule has 0 saturated heterocycles. The van der Waals surface area contributed by atoms with E-state index in [9.17, 15) is 4.79 Å². The Bertz CT molecular complexity index is 841. The van der Waals surface area contributed by atoms with Crippen LogP contribution >= 0.6 is 0 Å². The number of benzene rings is 1. The van der Waals surface area contributed by atoms with Crippen LogP contribution in [0.2, 0.25) is 0 Å². The summed E-state index contributed by atoms with van der Waals surface area (Å²) >= 11 is 0. The molecule has 3 aromatic rings. The third-order valence-electron chi connectivity index (χ3n) is 4.34. The zero-order valence-corrected chi connectivity index (χ0v) is 14.8. The Labute approximate surface area is 148 Å². The van der Waals surface area contributed by atoms with Crippen LogP contribution in [0.1, 0.15) is 17.7 Å². The molecule has 0 bridgehead atoms. The summed E-state index contributed by atoms with van der Waals surface area (Å²) in [4.78, 5) is 18.8. The van der Waals surface area contributed by atoms with Gasteiger partial charge in [0.05, 0.1) is 12.1 Å². The number of fused-ring (bicyclic) bond motifs is 1. The van der Waals surface area contributed by atoms with Crippen molar-refractivity contribution in [2.24, 2.45) is 0 Å². The van der Waals surface area contributed by atoms with Gasteiger partial charge < -0.3 is 14.6 Å². The SMILES string of the molecule is Cc1cccn2c(CC(=O)NCCCN(C)c3ccccc3)cnc12. The molecule has 25 heavy (non-hydrogen) atoms. The predicted molar refractivity (Wildman–Crippen MR) is 101 cm³/mol. The quantitative estimate of drug-likeness (QED) is 0.675. The number of aromatic nitrogens is 2. The first-order valence-corrected chi connectivity index (χ1v) is 8.59. The Morgan fingerprint density at radius 1 is 1.20 bits per heavy atom. The standard InChI is InChI=1S/C20H24N4O/c1-16-8-6-13-24-18(15-22-20(16)24)14-19(25)21-11-7-12-23(2)17-9-4-3-5-10-17/h3-6,8-10,13,15H,7,11-12,14H2,1-2H3,(H,21,25). The van der Waals surface area contributed by atoms with Gasteiger partial charge in [-0.05, 0) is 37.1 Å². The molecule has 0 radical (unpaired) electrons. The van der Waals surface area contributed by atoms with Crippen LogP contribution in [0.3, 0.4) is 0 Å². The summed E-state index contributed by atoms with van der Waals surface area (Å²) in [5, 5.41) is 3.00. The van der Waals surface area contributed by atoms with Crippen molar-refractivity contribution < 1.29 is 4.79 Å². The molecule has 0 saturated carbocycles. The second-order valence-corrected chi connectivity index (χ2v) is 6.27.